The van der Waals surface area contributed by atoms with Crippen LogP contribution in [0.3, 0.4) is 0 Å². The molecule has 1 amide bonds. The number of ether oxygens (including phenoxy) is 1. The van der Waals surface area contributed by atoms with Gasteiger partial charge in [0.1, 0.15) is 11.9 Å². The number of rotatable bonds is 3. The molecule has 4 rings (SSSR count). The molecule has 1 unspecified atom stereocenters. The van der Waals surface area contributed by atoms with Gasteiger partial charge >= 0.3 is 0 Å². The molecule has 1 saturated heterocycles. The molecule has 3 heterocycles. The highest BCUT2D eigenvalue weighted by atomic mass is 16.5. The zero-order valence-corrected chi connectivity index (χ0v) is 11.8. The number of nitrogens with zero attached hydrogens (tertiary/aromatic N) is 3. The molecular formula is C15H18N4O2. The van der Waals surface area contributed by atoms with Gasteiger partial charge in [0.2, 0.25) is 0 Å². The second kappa shape index (κ2) is 5.11. The minimum atomic E-state index is -0.334. The number of fused-ring (bicyclic) bond motifs is 1. The predicted octanol–water partition coefficient (Wildman–Crippen LogP) is 2.11. The number of pyridine rings is 1. The normalized spacial score (nSPS) is 22.4. The molecule has 21 heavy (non-hydrogen) atoms. The van der Waals surface area contributed by atoms with Crippen LogP contribution in [0, 0.1) is 0 Å². The van der Waals surface area contributed by atoms with Crippen LogP contribution in [0.2, 0.25) is 0 Å². The first-order valence-corrected chi connectivity index (χ1v) is 7.59. The van der Waals surface area contributed by atoms with Crippen molar-refractivity contribution in [2.45, 2.75) is 44.1 Å². The molecule has 1 aliphatic heterocycles. The molecule has 2 aliphatic rings. The summed E-state index contributed by atoms with van der Waals surface area (Å²) in [5.74, 6) is 1.42. The van der Waals surface area contributed by atoms with Gasteiger partial charge in [-0.3, -0.25) is 9.20 Å². The van der Waals surface area contributed by atoms with E-state index in [2.05, 4.69) is 15.5 Å². The van der Waals surface area contributed by atoms with Gasteiger partial charge in [0, 0.05) is 18.7 Å². The van der Waals surface area contributed by atoms with E-state index >= 15 is 0 Å². The third-order valence-corrected chi connectivity index (χ3v) is 4.41. The summed E-state index contributed by atoms with van der Waals surface area (Å²) in [5.41, 5.74) is 1.42. The van der Waals surface area contributed by atoms with Crippen LogP contribution in [0.1, 0.15) is 43.8 Å². The number of hydrogen-bond donors (Lipinski definition) is 1. The predicted molar refractivity (Wildman–Crippen MR) is 77.2 cm³/mol. The molecule has 0 aromatic carbocycles. The zero-order chi connectivity index (χ0) is 14.2. The number of aromatic nitrogens is 3. The molecular weight excluding hydrogens is 268 g/mol. The van der Waals surface area contributed by atoms with Crippen LogP contribution >= 0.6 is 0 Å². The van der Waals surface area contributed by atoms with Crippen molar-refractivity contribution in [1.82, 2.24) is 14.6 Å². The Morgan fingerprint density at radius 2 is 2.19 bits per heavy atom. The standard InChI is InChI=1S/C15H18N4O2/c20-15(12-7-3-9-21-12)16-11-6-2-8-19-13(10-4-1-5-10)17-18-14(11)19/h2,6,8,10,12H,1,3-5,7,9H2,(H,16,20). The fourth-order valence-corrected chi connectivity index (χ4v) is 2.97. The van der Waals surface area contributed by atoms with Crippen molar-refractivity contribution in [3.63, 3.8) is 0 Å². The number of carbonyl (C=O) groups excluding carboxylic acids is 1. The maximum Gasteiger partial charge on any atom is 0.253 e. The van der Waals surface area contributed by atoms with Crippen LogP contribution in [0.4, 0.5) is 5.69 Å². The lowest BCUT2D eigenvalue weighted by atomic mass is 9.85. The van der Waals surface area contributed by atoms with Gasteiger partial charge in [-0.2, -0.15) is 0 Å². The molecule has 6 heteroatoms. The van der Waals surface area contributed by atoms with E-state index in [9.17, 15) is 4.79 Å². The van der Waals surface area contributed by atoms with Gasteiger partial charge in [0.05, 0.1) is 5.69 Å². The first kappa shape index (κ1) is 12.8. The average molecular weight is 286 g/mol. The lowest BCUT2D eigenvalue weighted by Crippen LogP contribution is -2.27. The van der Waals surface area contributed by atoms with Crippen LogP contribution in [0.15, 0.2) is 18.3 Å². The van der Waals surface area contributed by atoms with E-state index in [1.54, 1.807) is 0 Å². The molecule has 2 fully saturated rings. The van der Waals surface area contributed by atoms with E-state index in [1.165, 1.54) is 19.3 Å². The summed E-state index contributed by atoms with van der Waals surface area (Å²) in [4.78, 5) is 12.2. The Morgan fingerprint density at radius 3 is 2.90 bits per heavy atom. The molecule has 0 spiro atoms. The topological polar surface area (TPSA) is 68.5 Å². The van der Waals surface area contributed by atoms with Crippen molar-refractivity contribution < 1.29 is 9.53 Å². The third-order valence-electron chi connectivity index (χ3n) is 4.41. The number of nitrogens with one attached hydrogen (secondary N) is 1. The van der Waals surface area contributed by atoms with E-state index < -0.39 is 0 Å². The fourth-order valence-electron chi connectivity index (χ4n) is 2.97. The maximum absolute atomic E-state index is 12.2. The lowest BCUT2D eigenvalue weighted by Gasteiger charge is -2.23. The Kier molecular flexibility index (Phi) is 3.11. The van der Waals surface area contributed by atoms with Crippen molar-refractivity contribution in [1.29, 1.82) is 0 Å². The zero-order valence-electron chi connectivity index (χ0n) is 11.8. The van der Waals surface area contributed by atoms with Crippen molar-refractivity contribution in [2.24, 2.45) is 0 Å². The fraction of sp³-hybridized carbons (Fsp3) is 0.533. The Labute approximate surface area is 122 Å². The summed E-state index contributed by atoms with van der Waals surface area (Å²) in [6.07, 6.45) is 6.97. The summed E-state index contributed by atoms with van der Waals surface area (Å²) in [7, 11) is 0. The minimum absolute atomic E-state index is 0.0891. The van der Waals surface area contributed by atoms with E-state index in [0.717, 1.165) is 18.7 Å². The molecule has 1 atom stereocenters. The van der Waals surface area contributed by atoms with Crippen molar-refractivity contribution in [2.75, 3.05) is 11.9 Å². The smallest absolute Gasteiger partial charge is 0.253 e. The van der Waals surface area contributed by atoms with Gasteiger partial charge in [-0.25, -0.2) is 0 Å². The highest BCUT2D eigenvalue weighted by Crippen LogP contribution is 2.35. The third kappa shape index (κ3) is 2.19. The average Bonchev–Trinajstić information content (AvgIpc) is 3.07. The van der Waals surface area contributed by atoms with Gasteiger partial charge in [0.25, 0.3) is 5.91 Å². The second-order valence-electron chi connectivity index (χ2n) is 5.79. The Morgan fingerprint density at radius 1 is 1.29 bits per heavy atom. The highest BCUT2D eigenvalue weighted by Gasteiger charge is 2.27. The number of amides is 1. The van der Waals surface area contributed by atoms with Crippen LogP contribution in [-0.4, -0.2) is 33.2 Å². The second-order valence-corrected chi connectivity index (χ2v) is 5.79. The van der Waals surface area contributed by atoms with Gasteiger partial charge in [0.15, 0.2) is 5.65 Å². The van der Waals surface area contributed by atoms with Crippen LogP contribution < -0.4 is 5.32 Å². The van der Waals surface area contributed by atoms with E-state index in [-0.39, 0.29) is 12.0 Å². The van der Waals surface area contributed by atoms with E-state index in [4.69, 9.17) is 4.74 Å². The number of hydrogen-bond acceptors (Lipinski definition) is 4. The maximum atomic E-state index is 12.2. The summed E-state index contributed by atoms with van der Waals surface area (Å²) in [6.45, 7) is 0.666. The van der Waals surface area contributed by atoms with Gasteiger partial charge < -0.3 is 10.1 Å². The Balaban J connectivity index is 1.62. The lowest BCUT2D eigenvalue weighted by molar-refractivity contribution is -0.124. The number of anilines is 1. The van der Waals surface area contributed by atoms with Crippen molar-refractivity contribution >= 4 is 17.2 Å². The summed E-state index contributed by atoms with van der Waals surface area (Å²) in [5, 5.41) is 11.5. The highest BCUT2D eigenvalue weighted by molar-refractivity contribution is 5.97. The molecule has 110 valence electrons. The molecule has 6 nitrogen and oxygen atoms in total. The molecule has 1 saturated carbocycles. The quantitative estimate of drug-likeness (QED) is 0.938. The van der Waals surface area contributed by atoms with Crippen molar-refractivity contribution in [3.8, 4) is 0 Å². The minimum Gasteiger partial charge on any atom is -0.368 e. The molecule has 0 bridgehead atoms. The van der Waals surface area contributed by atoms with Gasteiger partial charge in [-0.05, 0) is 37.8 Å². The van der Waals surface area contributed by atoms with Gasteiger partial charge in [-0.1, -0.05) is 6.42 Å². The molecule has 2 aromatic heterocycles. The SMILES string of the molecule is O=C(Nc1cccn2c(C3CCC3)nnc12)C1CCCO1. The summed E-state index contributed by atoms with van der Waals surface area (Å²) < 4.78 is 7.41. The molecule has 1 N–H and O–H groups in total. The largest absolute Gasteiger partial charge is 0.368 e. The van der Waals surface area contributed by atoms with E-state index in [1.807, 2.05) is 22.7 Å². The van der Waals surface area contributed by atoms with E-state index in [0.29, 0.717) is 23.9 Å². The van der Waals surface area contributed by atoms with Crippen LogP contribution in [0.25, 0.3) is 5.65 Å². The summed E-state index contributed by atoms with van der Waals surface area (Å²) in [6, 6.07) is 3.78. The van der Waals surface area contributed by atoms with Crippen molar-refractivity contribution in [3.05, 3.63) is 24.2 Å². The Hall–Kier alpha value is -1.95. The molecule has 2 aromatic rings. The Bertz CT molecular complexity index is 671. The van der Waals surface area contributed by atoms with Crippen LogP contribution in [0.5, 0.6) is 0 Å². The van der Waals surface area contributed by atoms with Crippen LogP contribution in [-0.2, 0) is 9.53 Å². The molecule has 0 radical (unpaired) electrons. The monoisotopic (exact) mass is 286 g/mol. The first-order valence-electron chi connectivity index (χ1n) is 7.59. The first-order chi connectivity index (χ1) is 10.3. The molecule has 1 aliphatic carbocycles. The number of carbonyl (C=O) groups is 1. The van der Waals surface area contributed by atoms with Gasteiger partial charge in [-0.15, -0.1) is 10.2 Å². The summed E-state index contributed by atoms with van der Waals surface area (Å²) >= 11 is 0.